The van der Waals surface area contributed by atoms with Gasteiger partial charge in [0.05, 0.1) is 19.8 Å². The maximum absolute atomic E-state index is 11.9. The molecule has 1 rings (SSSR count). The van der Waals surface area contributed by atoms with Crippen molar-refractivity contribution in [1.82, 2.24) is 0 Å². The molecule has 0 fully saturated rings. The highest BCUT2D eigenvalue weighted by Gasteiger charge is 2.20. The average molecular weight is 247 g/mol. The van der Waals surface area contributed by atoms with Crippen molar-refractivity contribution in [2.45, 2.75) is 19.3 Å². The third kappa shape index (κ3) is 3.86. The maximum Gasteiger partial charge on any atom is 0.156 e. The molecule has 0 saturated heterocycles. The molecule has 1 atom stereocenters. The Balaban J connectivity index is 2.76. The van der Waals surface area contributed by atoms with Crippen molar-refractivity contribution < 1.29 is 14.3 Å². The molecule has 0 bridgehead atoms. The lowest BCUT2D eigenvalue weighted by Gasteiger charge is -2.10. The molecule has 0 aliphatic rings. The number of ether oxygens (including phenoxy) is 2. The Morgan fingerprint density at radius 1 is 1.50 bits per heavy atom. The Morgan fingerprint density at radius 3 is 2.89 bits per heavy atom. The molecule has 0 radical (unpaired) electrons. The van der Waals surface area contributed by atoms with Crippen molar-refractivity contribution in [2.24, 2.45) is 0 Å². The highest BCUT2D eigenvalue weighted by molar-refractivity contribution is 5.88. The SMILES string of the molecule is CCOCCC(=O)C(C#N)c1cccc(OC)c1. The van der Waals surface area contributed by atoms with Gasteiger partial charge in [-0.25, -0.2) is 0 Å². The molecule has 0 spiro atoms. The van der Waals surface area contributed by atoms with Gasteiger partial charge in [-0.2, -0.15) is 5.26 Å². The molecule has 96 valence electrons. The highest BCUT2D eigenvalue weighted by Crippen LogP contribution is 2.22. The van der Waals surface area contributed by atoms with Crippen LogP contribution in [0.25, 0.3) is 0 Å². The molecule has 0 heterocycles. The minimum atomic E-state index is -0.749. The fraction of sp³-hybridized carbons (Fsp3) is 0.429. The fourth-order valence-corrected chi connectivity index (χ4v) is 1.61. The zero-order valence-corrected chi connectivity index (χ0v) is 10.7. The summed E-state index contributed by atoms with van der Waals surface area (Å²) in [7, 11) is 1.55. The van der Waals surface area contributed by atoms with Gasteiger partial charge in [0.2, 0.25) is 0 Å². The van der Waals surface area contributed by atoms with E-state index >= 15 is 0 Å². The molecule has 0 aliphatic carbocycles. The van der Waals surface area contributed by atoms with Gasteiger partial charge in [0.25, 0.3) is 0 Å². The molecule has 0 aromatic heterocycles. The largest absolute Gasteiger partial charge is 0.497 e. The molecule has 0 amide bonds. The number of hydrogen-bond donors (Lipinski definition) is 0. The van der Waals surface area contributed by atoms with E-state index in [0.29, 0.717) is 24.5 Å². The molecule has 0 saturated carbocycles. The fourth-order valence-electron chi connectivity index (χ4n) is 1.61. The number of methoxy groups -OCH3 is 1. The number of ketones is 1. The molecular weight excluding hydrogens is 230 g/mol. The predicted octanol–water partition coefficient (Wildman–Crippen LogP) is 2.30. The van der Waals surface area contributed by atoms with E-state index in [-0.39, 0.29) is 12.2 Å². The van der Waals surface area contributed by atoms with Crippen LogP contribution in [0, 0.1) is 11.3 Å². The Hall–Kier alpha value is -1.86. The summed E-state index contributed by atoms with van der Waals surface area (Å²) in [5, 5.41) is 9.12. The first-order valence-electron chi connectivity index (χ1n) is 5.87. The summed E-state index contributed by atoms with van der Waals surface area (Å²) >= 11 is 0. The van der Waals surface area contributed by atoms with Crippen LogP contribution in [-0.4, -0.2) is 26.1 Å². The number of benzene rings is 1. The molecule has 4 heteroatoms. The van der Waals surface area contributed by atoms with Gasteiger partial charge in [-0.05, 0) is 24.6 Å². The summed E-state index contributed by atoms with van der Waals surface area (Å²) < 4.78 is 10.2. The molecule has 1 aromatic carbocycles. The lowest BCUT2D eigenvalue weighted by molar-refractivity contribution is -0.120. The van der Waals surface area contributed by atoms with E-state index < -0.39 is 5.92 Å². The highest BCUT2D eigenvalue weighted by atomic mass is 16.5. The van der Waals surface area contributed by atoms with E-state index in [9.17, 15) is 4.79 Å². The molecule has 0 N–H and O–H groups in total. The second-order valence-corrected chi connectivity index (χ2v) is 3.75. The van der Waals surface area contributed by atoms with E-state index in [1.54, 1.807) is 31.4 Å². The van der Waals surface area contributed by atoms with Gasteiger partial charge in [-0.1, -0.05) is 12.1 Å². The van der Waals surface area contributed by atoms with Crippen LogP contribution in [0.2, 0.25) is 0 Å². The number of nitrogens with zero attached hydrogens (tertiary/aromatic N) is 1. The third-order valence-electron chi connectivity index (χ3n) is 2.58. The van der Waals surface area contributed by atoms with Gasteiger partial charge >= 0.3 is 0 Å². The number of Topliss-reactive ketones (excluding diaryl/α,β-unsaturated/α-hetero) is 1. The minimum Gasteiger partial charge on any atom is -0.497 e. The smallest absolute Gasteiger partial charge is 0.156 e. The summed E-state index contributed by atoms with van der Waals surface area (Å²) in [5.41, 5.74) is 0.665. The van der Waals surface area contributed by atoms with Crippen molar-refractivity contribution in [2.75, 3.05) is 20.3 Å². The quantitative estimate of drug-likeness (QED) is 0.694. The molecule has 0 aliphatic heterocycles. The minimum absolute atomic E-state index is 0.126. The first kappa shape index (κ1) is 14.2. The van der Waals surface area contributed by atoms with Crippen LogP contribution in [-0.2, 0) is 9.53 Å². The van der Waals surface area contributed by atoms with Gasteiger partial charge in [-0.15, -0.1) is 0 Å². The lowest BCUT2D eigenvalue weighted by atomic mass is 9.94. The topological polar surface area (TPSA) is 59.3 Å². The van der Waals surface area contributed by atoms with Gasteiger partial charge in [0, 0.05) is 13.0 Å². The van der Waals surface area contributed by atoms with E-state index in [1.165, 1.54) is 0 Å². The average Bonchev–Trinajstić information content (AvgIpc) is 2.40. The van der Waals surface area contributed by atoms with Gasteiger partial charge < -0.3 is 9.47 Å². The molecular formula is C14H17NO3. The molecule has 1 unspecified atom stereocenters. The number of carbonyl (C=O) groups is 1. The first-order valence-corrected chi connectivity index (χ1v) is 5.87. The monoisotopic (exact) mass is 247 g/mol. The predicted molar refractivity (Wildman–Crippen MR) is 67.5 cm³/mol. The zero-order chi connectivity index (χ0) is 13.4. The van der Waals surface area contributed by atoms with Crippen LogP contribution in [0.5, 0.6) is 5.75 Å². The Bertz CT molecular complexity index is 437. The molecule has 1 aromatic rings. The van der Waals surface area contributed by atoms with Crippen molar-refractivity contribution >= 4 is 5.78 Å². The van der Waals surface area contributed by atoms with Crippen LogP contribution in [0.15, 0.2) is 24.3 Å². The first-order chi connectivity index (χ1) is 8.72. The standard InChI is InChI=1S/C14H17NO3/c1-3-18-8-7-14(16)13(10-15)11-5-4-6-12(9-11)17-2/h4-6,9,13H,3,7-8H2,1-2H3. The summed E-state index contributed by atoms with van der Waals surface area (Å²) in [6.07, 6.45) is 0.253. The van der Waals surface area contributed by atoms with Gasteiger partial charge in [0.15, 0.2) is 5.78 Å². The second kappa shape index (κ2) is 7.46. The Labute approximate surface area is 107 Å². The van der Waals surface area contributed by atoms with Crippen LogP contribution >= 0.6 is 0 Å². The van der Waals surface area contributed by atoms with Gasteiger partial charge in [0.1, 0.15) is 11.7 Å². The van der Waals surface area contributed by atoms with Crippen molar-refractivity contribution in [3.63, 3.8) is 0 Å². The summed E-state index contributed by atoms with van der Waals surface area (Å²) in [4.78, 5) is 11.9. The zero-order valence-electron chi connectivity index (χ0n) is 10.7. The normalized spacial score (nSPS) is 11.6. The third-order valence-corrected chi connectivity index (χ3v) is 2.58. The van der Waals surface area contributed by atoms with Gasteiger partial charge in [-0.3, -0.25) is 4.79 Å². The van der Waals surface area contributed by atoms with E-state index in [4.69, 9.17) is 14.7 Å². The van der Waals surface area contributed by atoms with Crippen LogP contribution < -0.4 is 4.74 Å². The number of hydrogen-bond acceptors (Lipinski definition) is 4. The maximum atomic E-state index is 11.9. The molecule has 18 heavy (non-hydrogen) atoms. The lowest BCUT2D eigenvalue weighted by Crippen LogP contribution is -2.13. The summed E-state index contributed by atoms with van der Waals surface area (Å²) in [6.45, 7) is 2.80. The summed E-state index contributed by atoms with van der Waals surface area (Å²) in [5.74, 6) is -0.231. The van der Waals surface area contributed by atoms with E-state index in [1.807, 2.05) is 13.0 Å². The van der Waals surface area contributed by atoms with E-state index in [0.717, 1.165) is 0 Å². The number of nitriles is 1. The second-order valence-electron chi connectivity index (χ2n) is 3.75. The van der Waals surface area contributed by atoms with Crippen molar-refractivity contribution in [3.05, 3.63) is 29.8 Å². The van der Waals surface area contributed by atoms with E-state index in [2.05, 4.69) is 0 Å². The van der Waals surface area contributed by atoms with Crippen molar-refractivity contribution in [3.8, 4) is 11.8 Å². The van der Waals surface area contributed by atoms with Crippen LogP contribution in [0.3, 0.4) is 0 Å². The Kier molecular flexibility index (Phi) is 5.89. The van der Waals surface area contributed by atoms with Crippen LogP contribution in [0.4, 0.5) is 0 Å². The molecule has 4 nitrogen and oxygen atoms in total. The van der Waals surface area contributed by atoms with Crippen molar-refractivity contribution in [1.29, 1.82) is 5.26 Å². The summed E-state index contributed by atoms with van der Waals surface area (Å²) in [6, 6.07) is 9.06. The number of rotatable bonds is 7. The Morgan fingerprint density at radius 2 is 2.28 bits per heavy atom. The number of carbonyl (C=O) groups excluding carboxylic acids is 1. The van der Waals surface area contributed by atoms with Crippen LogP contribution in [0.1, 0.15) is 24.8 Å².